The van der Waals surface area contributed by atoms with Crippen molar-refractivity contribution in [2.24, 2.45) is 0 Å². The molecular formula is C9H15Cl2NTi. The summed E-state index contributed by atoms with van der Waals surface area (Å²) in [5.74, 6) is 0. The molecule has 0 unspecified atom stereocenters. The molecule has 1 N–H and O–H groups in total. The molecule has 0 aliphatic heterocycles. The van der Waals surface area contributed by atoms with E-state index in [1.165, 1.54) is 0 Å². The van der Waals surface area contributed by atoms with Gasteiger partial charge in [0.2, 0.25) is 0 Å². The smallest absolute Gasteiger partial charge is 1.00 e. The second kappa shape index (κ2) is 12.7. The summed E-state index contributed by atoms with van der Waals surface area (Å²) in [6.07, 6.45) is 10.0. The molecule has 0 spiro atoms. The van der Waals surface area contributed by atoms with Crippen LogP contribution >= 0.6 is 0 Å². The molecule has 0 aromatic carbocycles. The molecule has 0 aromatic rings. The van der Waals surface area contributed by atoms with Gasteiger partial charge in [0.1, 0.15) is 0 Å². The van der Waals surface area contributed by atoms with Crippen LogP contribution in [0.15, 0.2) is 18.2 Å². The summed E-state index contributed by atoms with van der Waals surface area (Å²) in [6, 6.07) is 0. The second-order valence-electron chi connectivity index (χ2n) is 3.25. The van der Waals surface area contributed by atoms with Gasteiger partial charge in [0, 0.05) is 0 Å². The molecule has 0 saturated heterocycles. The van der Waals surface area contributed by atoms with Gasteiger partial charge in [0.05, 0.1) is 0 Å². The molecule has 0 atom stereocenters. The normalized spacial score (nSPS) is 11.4. The zero-order valence-corrected chi connectivity index (χ0v) is 11.3. The Morgan fingerprint density at radius 3 is 1.69 bits per heavy atom. The monoisotopic (exact) mass is 255 g/mol. The van der Waals surface area contributed by atoms with E-state index in [0.717, 1.165) is 6.42 Å². The van der Waals surface area contributed by atoms with Crippen molar-refractivity contribution in [3.63, 3.8) is 0 Å². The number of hydrogen-bond acceptors (Lipinski definition) is 0. The summed E-state index contributed by atoms with van der Waals surface area (Å²) < 4.78 is 0. The first-order valence-corrected chi connectivity index (χ1v) is 3.47. The van der Waals surface area contributed by atoms with Gasteiger partial charge in [0.15, 0.2) is 0 Å². The van der Waals surface area contributed by atoms with Gasteiger partial charge in [0.25, 0.3) is 0 Å². The van der Waals surface area contributed by atoms with E-state index in [0.29, 0.717) is 0 Å². The van der Waals surface area contributed by atoms with Crippen LogP contribution < -0.4 is 24.8 Å². The molecule has 1 aliphatic rings. The van der Waals surface area contributed by atoms with Gasteiger partial charge in [-0.3, -0.25) is 6.08 Å². The fourth-order valence-corrected chi connectivity index (χ4v) is 0.340. The maximum atomic E-state index is 6.94. The first kappa shape index (κ1) is 23.5. The third-order valence-electron chi connectivity index (χ3n) is 0.586. The van der Waals surface area contributed by atoms with Gasteiger partial charge in [-0.25, -0.2) is 12.2 Å². The Bertz CT molecular complexity index is 123. The first-order valence-electron chi connectivity index (χ1n) is 3.47. The summed E-state index contributed by atoms with van der Waals surface area (Å²) in [5.41, 5.74) is 6.69. The maximum absolute atomic E-state index is 6.94. The predicted octanol–water partition coefficient (Wildman–Crippen LogP) is -2.85. The van der Waals surface area contributed by atoms with Gasteiger partial charge >= 0.3 is 21.7 Å². The Morgan fingerprint density at radius 1 is 1.23 bits per heavy atom. The van der Waals surface area contributed by atoms with E-state index in [2.05, 4.69) is 12.2 Å². The molecule has 1 rings (SSSR count). The number of nitrogens with one attached hydrogen (secondary N) is 1. The molecule has 0 bridgehead atoms. The second-order valence-corrected chi connectivity index (χ2v) is 3.25. The van der Waals surface area contributed by atoms with E-state index in [4.69, 9.17) is 5.73 Å². The van der Waals surface area contributed by atoms with Crippen molar-refractivity contribution in [2.75, 3.05) is 0 Å². The molecule has 0 aromatic heterocycles. The van der Waals surface area contributed by atoms with Crippen LogP contribution in [-0.2, 0) is 21.7 Å². The molecular weight excluding hydrogens is 241 g/mol. The van der Waals surface area contributed by atoms with Crippen molar-refractivity contribution in [1.29, 1.82) is 0 Å². The van der Waals surface area contributed by atoms with Gasteiger partial charge in [-0.05, 0) is 0 Å². The van der Waals surface area contributed by atoms with Crippen molar-refractivity contribution < 1.29 is 46.5 Å². The molecule has 0 heterocycles. The minimum atomic E-state index is -0.250. The van der Waals surface area contributed by atoms with Crippen LogP contribution in [0.5, 0.6) is 0 Å². The van der Waals surface area contributed by atoms with Crippen LogP contribution in [-0.4, -0.2) is 5.54 Å². The van der Waals surface area contributed by atoms with Crippen LogP contribution in [0.1, 0.15) is 27.2 Å². The van der Waals surface area contributed by atoms with E-state index >= 15 is 0 Å². The fraction of sp³-hybridized carbons (Fsp3) is 0.556. The Kier molecular flexibility index (Phi) is 23.0. The Morgan fingerprint density at radius 2 is 1.62 bits per heavy atom. The molecule has 1 aliphatic carbocycles. The van der Waals surface area contributed by atoms with Crippen LogP contribution in [0, 0.1) is 6.08 Å². The molecule has 0 fully saturated rings. The van der Waals surface area contributed by atoms with E-state index < -0.39 is 0 Å². The Hall–Kier alpha value is 0.734. The largest absolute Gasteiger partial charge is 4.00 e. The maximum Gasteiger partial charge on any atom is 4.00 e. The SMILES string of the molecule is CC(C)(C)[NH-].[C-]1=CC=CC1.[Cl-].[Cl-].[Ti+4]. The standard InChI is InChI=1S/C5H5.C4H10N.2ClH.Ti/c1-2-4-5-3-1;1-4(2,3)5;;;/h1-3H,4H2;5H,1-3H3;2*1H;/q2*-1;;;+4/p-2. The first-order chi connectivity index (χ1) is 4.50. The Balaban J connectivity index is -0.0000000506. The zero-order chi connectivity index (χ0) is 8.04. The number of hydrogen-bond donors (Lipinski definition) is 0. The van der Waals surface area contributed by atoms with Crippen molar-refractivity contribution in [2.45, 2.75) is 32.7 Å². The molecule has 0 amide bonds. The molecule has 0 radical (unpaired) electrons. The third-order valence-corrected chi connectivity index (χ3v) is 0.586. The average molecular weight is 256 g/mol. The summed E-state index contributed by atoms with van der Waals surface area (Å²) in [7, 11) is 0. The molecule has 1 nitrogen and oxygen atoms in total. The predicted molar refractivity (Wildman–Crippen MR) is 45.6 cm³/mol. The van der Waals surface area contributed by atoms with Crippen molar-refractivity contribution in [3.05, 3.63) is 30.0 Å². The van der Waals surface area contributed by atoms with Crippen molar-refractivity contribution in [1.82, 2.24) is 0 Å². The molecule has 13 heavy (non-hydrogen) atoms. The zero-order valence-electron chi connectivity index (χ0n) is 8.20. The van der Waals surface area contributed by atoms with Crippen molar-refractivity contribution in [3.8, 4) is 0 Å². The number of rotatable bonds is 0. The van der Waals surface area contributed by atoms with Gasteiger partial charge in [-0.1, -0.05) is 20.8 Å². The molecule has 74 valence electrons. The topological polar surface area (TPSA) is 23.8 Å². The van der Waals surface area contributed by atoms with E-state index in [9.17, 15) is 0 Å². The average Bonchev–Trinajstić information content (AvgIpc) is 2.07. The quantitative estimate of drug-likeness (QED) is 0.329. The summed E-state index contributed by atoms with van der Waals surface area (Å²) in [4.78, 5) is 0. The number of allylic oxidation sites excluding steroid dienone is 4. The van der Waals surface area contributed by atoms with Crippen LogP contribution in [0.3, 0.4) is 0 Å². The van der Waals surface area contributed by atoms with Gasteiger partial charge in [-0.2, -0.15) is 6.08 Å². The molecule has 4 heteroatoms. The summed E-state index contributed by atoms with van der Waals surface area (Å²) in [5, 5.41) is 0. The third kappa shape index (κ3) is 44.6. The van der Waals surface area contributed by atoms with Gasteiger partial charge in [-0.15, -0.1) is 12.0 Å². The fourth-order valence-electron chi connectivity index (χ4n) is 0.340. The minimum absolute atomic E-state index is 0. The van der Waals surface area contributed by atoms with Crippen LogP contribution in [0.4, 0.5) is 0 Å². The van der Waals surface area contributed by atoms with Crippen LogP contribution in [0.25, 0.3) is 5.73 Å². The summed E-state index contributed by atoms with van der Waals surface area (Å²) >= 11 is 0. The van der Waals surface area contributed by atoms with E-state index in [1.54, 1.807) is 0 Å². The van der Waals surface area contributed by atoms with E-state index in [1.807, 2.05) is 32.9 Å². The Labute approximate surface area is 109 Å². The number of halogens is 2. The van der Waals surface area contributed by atoms with Gasteiger partial charge < -0.3 is 30.5 Å². The summed E-state index contributed by atoms with van der Waals surface area (Å²) in [6.45, 7) is 5.56. The van der Waals surface area contributed by atoms with Crippen LogP contribution in [0.2, 0.25) is 0 Å². The molecule has 0 saturated carbocycles. The van der Waals surface area contributed by atoms with Crippen molar-refractivity contribution >= 4 is 0 Å². The minimum Gasteiger partial charge on any atom is -1.00 e. The van der Waals surface area contributed by atoms with E-state index in [-0.39, 0.29) is 52.1 Å².